The number of urea groups is 1. The highest BCUT2D eigenvalue weighted by Gasteiger charge is 2.56. The molecule has 1 saturated carbocycles. The normalized spacial score (nSPS) is 24.8. The zero-order chi connectivity index (χ0) is 24.0. The Morgan fingerprint density at radius 2 is 1.77 bits per heavy atom. The van der Waals surface area contributed by atoms with Crippen LogP contribution in [0.1, 0.15) is 36.8 Å². The van der Waals surface area contributed by atoms with Crippen molar-refractivity contribution in [1.29, 1.82) is 0 Å². The number of carbonyl (C=O) groups excluding carboxylic acids is 2. The topological polar surface area (TPSA) is 71.1 Å². The number of halogens is 1. The molecule has 3 aliphatic heterocycles. The van der Waals surface area contributed by atoms with Gasteiger partial charge >= 0.3 is 6.03 Å². The zero-order valence-electron chi connectivity index (χ0n) is 19.7. The number of piperidine rings is 1. The summed E-state index contributed by atoms with van der Waals surface area (Å²) in [6.07, 6.45) is 4.27. The smallest absolute Gasteiger partial charge is 0.325 e. The number of carbonyl (C=O) groups is 2. The summed E-state index contributed by atoms with van der Waals surface area (Å²) < 4.78 is 10.9. The number of imide groups is 1. The molecule has 2 aromatic rings. The van der Waals surface area contributed by atoms with Gasteiger partial charge in [-0.05, 0) is 79.9 Å². The molecule has 0 radical (unpaired) electrons. The molecule has 0 bridgehead atoms. The van der Waals surface area contributed by atoms with E-state index < -0.39 is 5.54 Å². The van der Waals surface area contributed by atoms with Crippen molar-refractivity contribution in [2.75, 3.05) is 26.4 Å². The van der Waals surface area contributed by atoms with Gasteiger partial charge in [0, 0.05) is 24.5 Å². The van der Waals surface area contributed by atoms with E-state index in [9.17, 15) is 9.59 Å². The van der Waals surface area contributed by atoms with E-state index in [1.54, 1.807) is 0 Å². The van der Waals surface area contributed by atoms with Crippen LogP contribution < -0.4 is 14.8 Å². The Hall–Kier alpha value is -2.77. The molecule has 3 amide bonds. The van der Waals surface area contributed by atoms with Gasteiger partial charge in [-0.25, -0.2) is 4.79 Å². The average Bonchev–Trinajstić information content (AvgIpc) is 3.51. The van der Waals surface area contributed by atoms with Gasteiger partial charge in [0.05, 0.1) is 0 Å². The predicted octanol–water partition coefficient (Wildman–Crippen LogP) is 4.22. The molecule has 4 aliphatic rings. The molecule has 0 aromatic heterocycles. The van der Waals surface area contributed by atoms with Crippen molar-refractivity contribution < 1.29 is 19.1 Å². The van der Waals surface area contributed by atoms with Crippen molar-refractivity contribution in [2.24, 2.45) is 11.8 Å². The van der Waals surface area contributed by atoms with Crippen molar-refractivity contribution >= 4 is 23.5 Å². The van der Waals surface area contributed by atoms with E-state index in [-0.39, 0.29) is 24.6 Å². The first-order chi connectivity index (χ1) is 17.0. The minimum atomic E-state index is -0.943. The molecule has 1 N–H and O–H groups in total. The van der Waals surface area contributed by atoms with Gasteiger partial charge in [-0.15, -0.1) is 0 Å². The molecule has 2 aromatic carbocycles. The zero-order valence-corrected chi connectivity index (χ0v) is 20.4. The van der Waals surface area contributed by atoms with Crippen molar-refractivity contribution in [2.45, 2.75) is 44.2 Å². The summed E-state index contributed by atoms with van der Waals surface area (Å²) in [6.45, 7) is 3.33. The van der Waals surface area contributed by atoms with Gasteiger partial charge < -0.3 is 14.8 Å². The predicted molar refractivity (Wildman–Crippen MR) is 131 cm³/mol. The van der Waals surface area contributed by atoms with Gasteiger partial charge in [-0.3, -0.25) is 14.6 Å². The number of benzene rings is 2. The summed E-state index contributed by atoms with van der Waals surface area (Å²) in [4.78, 5) is 30.7. The third-order valence-electron chi connectivity index (χ3n) is 7.89. The fourth-order valence-electron chi connectivity index (χ4n) is 5.73. The summed E-state index contributed by atoms with van der Waals surface area (Å²) >= 11 is 6.51. The lowest BCUT2D eigenvalue weighted by atomic mass is 9.73. The summed E-state index contributed by atoms with van der Waals surface area (Å²) in [5.41, 5.74) is 1.14. The van der Waals surface area contributed by atoms with Crippen molar-refractivity contribution in [1.82, 2.24) is 15.1 Å². The van der Waals surface area contributed by atoms with Crippen LogP contribution in [0.25, 0.3) is 0 Å². The van der Waals surface area contributed by atoms with Crippen LogP contribution in [0.4, 0.5) is 4.79 Å². The molecule has 6 rings (SSSR count). The van der Waals surface area contributed by atoms with Crippen molar-refractivity contribution in [3.8, 4) is 11.5 Å². The van der Waals surface area contributed by atoms with E-state index in [1.165, 1.54) is 10.5 Å². The van der Waals surface area contributed by atoms with Gasteiger partial charge in [0.15, 0.2) is 11.5 Å². The number of hydrogen-bond acceptors (Lipinski definition) is 5. The van der Waals surface area contributed by atoms with Crippen LogP contribution in [0.2, 0.25) is 5.02 Å². The number of likely N-dealkylation sites (tertiary alicyclic amines) is 1. The van der Waals surface area contributed by atoms with Crippen LogP contribution in [0.15, 0.2) is 42.5 Å². The summed E-state index contributed by atoms with van der Waals surface area (Å²) in [6, 6.07) is 13.5. The molecule has 8 heteroatoms. The summed E-state index contributed by atoms with van der Waals surface area (Å²) in [7, 11) is 0. The standard InChI is InChI=1S/C27H30ClN3O4/c28-22-4-2-1-3-20(22)14-27(25(32)31(26(33)29-27)16-18-5-6-18)21-9-11-30(12-10-21)15-19-7-8-23-24(13-19)35-17-34-23/h1-4,7-8,13,18,21H,5-6,9-12,14-17H2,(H,29,33)/t27-/m1/s1. The third kappa shape index (κ3) is 4.36. The molecule has 2 saturated heterocycles. The van der Waals surface area contributed by atoms with Crippen molar-refractivity contribution in [3.05, 3.63) is 58.6 Å². The highest BCUT2D eigenvalue weighted by molar-refractivity contribution is 6.31. The lowest BCUT2D eigenvalue weighted by Gasteiger charge is -2.41. The van der Waals surface area contributed by atoms with Gasteiger partial charge in [0.25, 0.3) is 5.91 Å². The maximum Gasteiger partial charge on any atom is 0.325 e. The van der Waals surface area contributed by atoms with E-state index in [0.717, 1.165) is 62.4 Å². The van der Waals surface area contributed by atoms with Crippen LogP contribution in [0.5, 0.6) is 11.5 Å². The molecule has 0 spiro atoms. The minimum absolute atomic E-state index is 0.0485. The van der Waals surface area contributed by atoms with E-state index in [2.05, 4.69) is 16.3 Å². The van der Waals surface area contributed by atoms with Crippen LogP contribution >= 0.6 is 11.6 Å². The maximum atomic E-state index is 13.9. The van der Waals surface area contributed by atoms with Gasteiger partial charge in [-0.1, -0.05) is 35.9 Å². The third-order valence-corrected chi connectivity index (χ3v) is 8.26. The van der Waals surface area contributed by atoms with Gasteiger partial charge in [0.2, 0.25) is 6.79 Å². The second-order valence-electron chi connectivity index (χ2n) is 10.3. The lowest BCUT2D eigenvalue weighted by molar-refractivity contribution is -0.134. The molecule has 3 heterocycles. The van der Waals surface area contributed by atoms with E-state index in [0.29, 0.717) is 23.9 Å². The molecule has 1 aliphatic carbocycles. The monoisotopic (exact) mass is 495 g/mol. The Bertz CT molecular complexity index is 1140. The summed E-state index contributed by atoms with van der Waals surface area (Å²) in [5, 5.41) is 3.80. The van der Waals surface area contributed by atoms with Crippen LogP contribution in [0, 0.1) is 11.8 Å². The molecule has 35 heavy (non-hydrogen) atoms. The van der Waals surface area contributed by atoms with E-state index >= 15 is 0 Å². The molecule has 1 atom stereocenters. The second kappa shape index (κ2) is 9.03. The van der Waals surface area contributed by atoms with Crippen LogP contribution in [-0.4, -0.2) is 53.7 Å². The number of nitrogens with zero attached hydrogens (tertiary/aromatic N) is 2. The molecular weight excluding hydrogens is 466 g/mol. The average molecular weight is 496 g/mol. The first-order valence-electron chi connectivity index (χ1n) is 12.5. The molecule has 3 fully saturated rings. The van der Waals surface area contributed by atoms with E-state index in [1.807, 2.05) is 36.4 Å². The first-order valence-corrected chi connectivity index (χ1v) is 12.9. The number of ether oxygens (including phenoxy) is 2. The number of fused-ring (bicyclic) bond motifs is 1. The Labute approximate surface area is 210 Å². The van der Waals surface area contributed by atoms with Gasteiger partial charge in [0.1, 0.15) is 5.54 Å². The Balaban J connectivity index is 1.20. The number of hydrogen-bond donors (Lipinski definition) is 1. The quantitative estimate of drug-likeness (QED) is 0.582. The highest BCUT2D eigenvalue weighted by Crippen LogP contribution is 2.40. The molecule has 0 unspecified atom stereocenters. The Morgan fingerprint density at radius 3 is 2.54 bits per heavy atom. The number of amides is 3. The summed E-state index contributed by atoms with van der Waals surface area (Å²) in [5.74, 6) is 2.01. The van der Waals surface area contributed by atoms with E-state index in [4.69, 9.17) is 21.1 Å². The first kappa shape index (κ1) is 22.7. The Morgan fingerprint density at radius 1 is 1.00 bits per heavy atom. The molecule has 7 nitrogen and oxygen atoms in total. The molecule has 184 valence electrons. The maximum absolute atomic E-state index is 13.9. The highest BCUT2D eigenvalue weighted by atomic mass is 35.5. The fraction of sp³-hybridized carbons (Fsp3) is 0.481. The minimum Gasteiger partial charge on any atom is -0.454 e. The second-order valence-corrected chi connectivity index (χ2v) is 10.7. The van der Waals surface area contributed by atoms with Crippen molar-refractivity contribution in [3.63, 3.8) is 0 Å². The van der Waals surface area contributed by atoms with Gasteiger partial charge in [-0.2, -0.15) is 0 Å². The number of rotatable bonds is 7. The largest absolute Gasteiger partial charge is 0.454 e. The Kier molecular flexibility index (Phi) is 5.85. The van der Waals surface area contributed by atoms with Crippen LogP contribution in [0.3, 0.4) is 0 Å². The number of nitrogens with one attached hydrogen (secondary N) is 1. The lowest BCUT2D eigenvalue weighted by Crippen LogP contribution is -2.57. The fourth-order valence-corrected chi connectivity index (χ4v) is 5.94. The molecular formula is C27H30ClN3O4. The van der Waals surface area contributed by atoms with Crippen LogP contribution in [-0.2, 0) is 17.8 Å². The SMILES string of the molecule is O=C1N[C@](Cc2ccccc2Cl)(C2CCN(Cc3ccc4c(c3)OCO4)CC2)C(=O)N1CC1CC1.